The van der Waals surface area contributed by atoms with E-state index in [1.165, 1.54) is 0 Å². The van der Waals surface area contributed by atoms with Crippen LogP contribution < -0.4 is 5.32 Å². The minimum Gasteiger partial charge on any atom is -0.316 e. The highest BCUT2D eigenvalue weighted by molar-refractivity contribution is 9.10. The summed E-state index contributed by atoms with van der Waals surface area (Å²) in [7, 11) is 0. The molecule has 1 aliphatic rings. The maximum atomic E-state index is 13.2. The van der Waals surface area contributed by atoms with Gasteiger partial charge >= 0.3 is 0 Å². The van der Waals surface area contributed by atoms with Crippen molar-refractivity contribution in [2.75, 3.05) is 13.1 Å². The van der Waals surface area contributed by atoms with Crippen molar-refractivity contribution < 1.29 is 4.79 Å². The van der Waals surface area contributed by atoms with Crippen molar-refractivity contribution >= 4 is 21.7 Å². The summed E-state index contributed by atoms with van der Waals surface area (Å²) in [5, 5.41) is 3.41. The molecule has 0 bridgehead atoms. The van der Waals surface area contributed by atoms with Crippen molar-refractivity contribution in [2.24, 2.45) is 5.41 Å². The molecule has 1 aromatic carbocycles. The molecule has 1 aliphatic heterocycles. The van der Waals surface area contributed by atoms with E-state index in [0.717, 1.165) is 54.5 Å². The van der Waals surface area contributed by atoms with Gasteiger partial charge in [0.15, 0.2) is 5.78 Å². The Morgan fingerprint density at radius 3 is 2.96 bits per heavy atom. The molecule has 5 heteroatoms. The molecular formula is C18H22BrN3O. The fourth-order valence-electron chi connectivity index (χ4n) is 3.53. The first-order valence-corrected chi connectivity index (χ1v) is 8.99. The van der Waals surface area contributed by atoms with Gasteiger partial charge in [-0.15, -0.1) is 0 Å². The molecule has 1 N–H and O–H groups in total. The number of ketones is 1. The second-order valence-corrected chi connectivity index (χ2v) is 7.13. The van der Waals surface area contributed by atoms with Gasteiger partial charge in [0.2, 0.25) is 0 Å². The minimum absolute atomic E-state index is 0.247. The average molecular weight is 376 g/mol. The molecule has 0 aliphatic carbocycles. The van der Waals surface area contributed by atoms with Crippen molar-refractivity contribution in [1.29, 1.82) is 0 Å². The van der Waals surface area contributed by atoms with Gasteiger partial charge in [-0.2, -0.15) is 0 Å². The monoisotopic (exact) mass is 375 g/mol. The number of carbonyl (C=O) groups is 1. The molecule has 1 aromatic heterocycles. The van der Waals surface area contributed by atoms with Crippen LogP contribution in [0.1, 0.15) is 43.0 Å². The first kappa shape index (κ1) is 16.4. The van der Waals surface area contributed by atoms with E-state index in [4.69, 9.17) is 0 Å². The van der Waals surface area contributed by atoms with Gasteiger partial charge in [0.1, 0.15) is 0 Å². The largest absolute Gasteiger partial charge is 0.316 e. The molecule has 0 radical (unpaired) electrons. The third kappa shape index (κ3) is 3.26. The Morgan fingerprint density at radius 2 is 2.35 bits per heavy atom. The SMILES string of the molecule is CCCC1(C(=O)c2ccc(-n3ccnc3)c(Br)c2)CCCNC1. The second kappa shape index (κ2) is 6.97. The van der Waals surface area contributed by atoms with Gasteiger partial charge in [-0.1, -0.05) is 13.3 Å². The van der Waals surface area contributed by atoms with E-state index in [1.54, 1.807) is 12.5 Å². The summed E-state index contributed by atoms with van der Waals surface area (Å²) < 4.78 is 2.85. The van der Waals surface area contributed by atoms with Crippen LogP contribution in [0.5, 0.6) is 0 Å². The normalized spacial score (nSPS) is 21.3. The van der Waals surface area contributed by atoms with Crippen LogP contribution in [0.4, 0.5) is 0 Å². The summed E-state index contributed by atoms with van der Waals surface area (Å²) in [6.07, 6.45) is 9.42. The number of piperidine rings is 1. The molecule has 4 nitrogen and oxygen atoms in total. The van der Waals surface area contributed by atoms with Crippen LogP contribution in [0.15, 0.2) is 41.4 Å². The molecule has 2 aromatic rings. The lowest BCUT2D eigenvalue weighted by molar-refractivity contribution is 0.0718. The van der Waals surface area contributed by atoms with Crippen molar-refractivity contribution in [3.05, 3.63) is 47.0 Å². The van der Waals surface area contributed by atoms with Gasteiger partial charge in [-0.05, 0) is 59.9 Å². The summed E-state index contributed by atoms with van der Waals surface area (Å²) in [5.74, 6) is 0.268. The number of hydrogen-bond donors (Lipinski definition) is 1. The maximum Gasteiger partial charge on any atom is 0.170 e. The molecule has 23 heavy (non-hydrogen) atoms. The van der Waals surface area contributed by atoms with Crippen LogP contribution in [0.2, 0.25) is 0 Å². The number of halogens is 1. The quantitative estimate of drug-likeness (QED) is 0.803. The topological polar surface area (TPSA) is 46.9 Å². The van der Waals surface area contributed by atoms with Crippen LogP contribution in [0.25, 0.3) is 5.69 Å². The lowest BCUT2D eigenvalue weighted by Crippen LogP contribution is -2.45. The molecule has 1 atom stereocenters. The summed E-state index contributed by atoms with van der Waals surface area (Å²) >= 11 is 3.60. The predicted octanol–water partition coefficient (Wildman–Crippen LogP) is 3.99. The molecule has 122 valence electrons. The highest BCUT2D eigenvalue weighted by Crippen LogP contribution is 2.36. The molecule has 0 saturated carbocycles. The molecule has 0 amide bonds. The van der Waals surface area contributed by atoms with E-state index >= 15 is 0 Å². The van der Waals surface area contributed by atoms with Crippen LogP contribution in [-0.4, -0.2) is 28.4 Å². The third-order valence-electron chi connectivity index (χ3n) is 4.67. The van der Waals surface area contributed by atoms with Crippen molar-refractivity contribution in [3.8, 4) is 5.69 Å². The summed E-state index contributed by atoms with van der Waals surface area (Å²) in [6.45, 7) is 3.96. The Morgan fingerprint density at radius 1 is 1.48 bits per heavy atom. The van der Waals surface area contributed by atoms with Gasteiger partial charge in [0.25, 0.3) is 0 Å². The fraction of sp³-hybridized carbons (Fsp3) is 0.444. The zero-order valence-electron chi connectivity index (χ0n) is 13.4. The number of benzene rings is 1. The second-order valence-electron chi connectivity index (χ2n) is 6.28. The lowest BCUT2D eigenvalue weighted by atomic mass is 9.71. The van der Waals surface area contributed by atoms with Gasteiger partial charge in [0.05, 0.1) is 12.0 Å². The Labute approximate surface area is 145 Å². The van der Waals surface area contributed by atoms with E-state index in [2.05, 4.69) is 33.2 Å². The van der Waals surface area contributed by atoms with Crippen molar-refractivity contribution in [2.45, 2.75) is 32.6 Å². The fourth-order valence-corrected chi connectivity index (χ4v) is 4.12. The smallest absolute Gasteiger partial charge is 0.170 e. The molecule has 1 unspecified atom stereocenters. The van der Waals surface area contributed by atoms with E-state index in [-0.39, 0.29) is 11.2 Å². The zero-order valence-corrected chi connectivity index (χ0v) is 15.0. The number of nitrogens with one attached hydrogen (secondary N) is 1. The van der Waals surface area contributed by atoms with E-state index in [9.17, 15) is 4.79 Å². The third-order valence-corrected chi connectivity index (χ3v) is 5.31. The summed E-state index contributed by atoms with van der Waals surface area (Å²) in [5.41, 5.74) is 1.53. The Kier molecular flexibility index (Phi) is 4.97. The molecule has 1 saturated heterocycles. The Balaban J connectivity index is 1.91. The number of rotatable bonds is 5. The van der Waals surface area contributed by atoms with Crippen LogP contribution in [0, 0.1) is 5.41 Å². The van der Waals surface area contributed by atoms with Crippen molar-refractivity contribution in [3.63, 3.8) is 0 Å². The summed E-state index contributed by atoms with van der Waals surface area (Å²) in [6, 6.07) is 5.87. The molecule has 1 fully saturated rings. The highest BCUT2D eigenvalue weighted by Gasteiger charge is 2.39. The van der Waals surface area contributed by atoms with Crippen LogP contribution in [-0.2, 0) is 0 Å². The van der Waals surface area contributed by atoms with Gasteiger partial charge < -0.3 is 9.88 Å². The number of aromatic nitrogens is 2. The maximum absolute atomic E-state index is 13.2. The Bertz CT molecular complexity index is 670. The Hall–Kier alpha value is -1.46. The average Bonchev–Trinajstić information content (AvgIpc) is 3.09. The standard InChI is InChI=1S/C18H22BrN3O/c1-2-6-18(7-3-8-20-12-18)17(23)14-4-5-16(15(19)11-14)22-10-9-21-13-22/h4-5,9-11,13,20H,2-3,6-8,12H2,1H3. The molecule has 3 rings (SSSR count). The van der Waals surface area contributed by atoms with E-state index < -0.39 is 0 Å². The first-order valence-electron chi connectivity index (χ1n) is 8.20. The number of nitrogens with zero attached hydrogens (tertiary/aromatic N) is 2. The highest BCUT2D eigenvalue weighted by atomic mass is 79.9. The number of hydrogen-bond acceptors (Lipinski definition) is 3. The van der Waals surface area contributed by atoms with E-state index in [1.807, 2.05) is 29.0 Å². The van der Waals surface area contributed by atoms with E-state index in [0.29, 0.717) is 0 Å². The van der Waals surface area contributed by atoms with Gasteiger partial charge in [-0.25, -0.2) is 4.98 Å². The number of imidazole rings is 1. The molecule has 0 spiro atoms. The number of carbonyl (C=O) groups excluding carboxylic acids is 1. The van der Waals surface area contributed by atoms with Crippen LogP contribution in [0.3, 0.4) is 0 Å². The predicted molar refractivity (Wildman–Crippen MR) is 95.0 cm³/mol. The van der Waals surface area contributed by atoms with Crippen LogP contribution >= 0.6 is 15.9 Å². The minimum atomic E-state index is -0.247. The zero-order chi connectivity index (χ0) is 16.3. The van der Waals surface area contributed by atoms with Crippen molar-refractivity contribution in [1.82, 2.24) is 14.9 Å². The molecule has 2 heterocycles. The lowest BCUT2D eigenvalue weighted by Gasteiger charge is -2.36. The first-order chi connectivity index (χ1) is 11.2. The summed E-state index contributed by atoms with van der Waals surface area (Å²) in [4.78, 5) is 17.3. The number of Topliss-reactive ketones (excluding diaryl/α,β-unsaturated/α-hetero) is 1. The van der Waals surface area contributed by atoms with Gasteiger partial charge in [-0.3, -0.25) is 4.79 Å². The molecular weight excluding hydrogens is 354 g/mol. The van der Waals surface area contributed by atoms with Gasteiger partial charge in [0, 0.05) is 34.4 Å².